The number of H-pyrrole nitrogens is 1. The Morgan fingerprint density at radius 2 is 0.817 bits per heavy atom. The van der Waals surface area contributed by atoms with Gasteiger partial charge in [-0.15, -0.1) is 11.3 Å². The standard InChI is InChI=1S/C26H33N7O3.C23H26N6O4.C22H25N5O3S.C21H25N7O3/c34-20-6-10-33(17-20)24-5-7-29-26(31-24)30-18-1-3-21(4-2-18)36-23-16-19(32-11-13-35-14-12-32)15-22-25(23)28-9-8-27-22;30-29(31)17-3-6-22(26-15-17)27-16-1-4-19(5-2-16)33-21-14-18(28-9-11-32-12-10-28)13-20-23(21)25-8-7-24-20;28-21(22-25-7-12-31-22)26-15-1-3-17(4-2-15)30-19-14-16(27-8-10-29-11-9-27)13-18-20(19)24-6-5-23-18;29-21(20-24-13-25-27-20)26-14-1-3-16(4-2-14)31-18-12-15(28-7-9-30-10-8-28)11-17-19(18)23-6-5-22-17/h5,7-9,15-16,18,20-21,34H,1-4,6,10-14,17H2,(H,29,30,31);3,6-8,13-16,19H,1-2,4-5,9-12H2,(H,26,27);5-7,12-15,17H,1-4,8-11H2,(H,26,28);5-6,11-14,16H,1-4,7-10H2,(H,26,29)(H,24,25,27). The number of thiazole rings is 1. The molecular weight excluding hydrogens is 1700 g/mol. The average molecular weight is 1810 g/mol. The lowest BCUT2D eigenvalue weighted by Crippen LogP contribution is -2.40. The van der Waals surface area contributed by atoms with Crippen LogP contribution in [0.4, 0.5) is 46.0 Å². The van der Waals surface area contributed by atoms with Gasteiger partial charge >= 0.3 is 0 Å². The van der Waals surface area contributed by atoms with Crippen LogP contribution in [-0.2, 0) is 18.9 Å². The molecule has 686 valence electrons. The van der Waals surface area contributed by atoms with Gasteiger partial charge in [0.05, 0.1) is 110 Å². The van der Waals surface area contributed by atoms with Gasteiger partial charge in [0.25, 0.3) is 17.5 Å². The molecule has 39 heteroatoms. The molecule has 131 heavy (non-hydrogen) atoms. The minimum Gasteiger partial charge on any atom is -0.488 e. The van der Waals surface area contributed by atoms with Crippen molar-refractivity contribution < 1.29 is 57.5 Å². The first-order chi connectivity index (χ1) is 64.4. The van der Waals surface area contributed by atoms with E-state index in [1.54, 1.807) is 68.0 Å². The Bertz CT molecular complexity index is 5580. The Hall–Kier alpha value is -12.8. The number of ether oxygens (including phenoxy) is 8. The number of fused-ring (bicyclic) bond motifs is 4. The summed E-state index contributed by atoms with van der Waals surface area (Å²) in [5.41, 5.74) is 10.9. The molecule has 0 spiro atoms. The number of aliphatic hydroxyl groups is 1. The molecule has 9 fully saturated rings. The van der Waals surface area contributed by atoms with Crippen LogP contribution in [0.2, 0.25) is 0 Å². The summed E-state index contributed by atoms with van der Waals surface area (Å²) in [5.74, 6) is 5.24. The minimum atomic E-state index is -0.443. The molecular formula is C92H109N25O13S. The first-order valence-corrected chi connectivity index (χ1v) is 46.5. The molecule has 21 rings (SSSR count). The Kier molecular flexibility index (Phi) is 29.3. The number of aromatic nitrogens is 15. The van der Waals surface area contributed by atoms with E-state index in [-0.39, 0.29) is 72.0 Å². The second-order valence-electron chi connectivity index (χ2n) is 33.9. The van der Waals surface area contributed by atoms with Crippen LogP contribution in [-0.4, -0.2) is 270 Å². The van der Waals surface area contributed by atoms with Crippen molar-refractivity contribution in [2.24, 2.45) is 0 Å². The Morgan fingerprint density at radius 3 is 1.18 bits per heavy atom. The van der Waals surface area contributed by atoms with Crippen LogP contribution in [0, 0.1) is 10.1 Å². The second-order valence-corrected chi connectivity index (χ2v) is 34.8. The molecule has 6 N–H and O–H groups in total. The van der Waals surface area contributed by atoms with Gasteiger partial charge in [-0.05, 0) is 146 Å². The van der Waals surface area contributed by atoms with Gasteiger partial charge in [-0.25, -0.2) is 39.9 Å². The fraction of sp³-hybridized carbons (Fsp3) is 0.478. The fourth-order valence-corrected chi connectivity index (χ4v) is 18.7. The van der Waals surface area contributed by atoms with Gasteiger partial charge in [0.15, 0.2) is 5.01 Å². The molecule has 1 unspecified atom stereocenters. The number of carbonyl (C=O) groups is 2. The van der Waals surface area contributed by atoms with Crippen molar-refractivity contribution in [1.82, 2.24) is 85.6 Å². The third kappa shape index (κ3) is 23.3. The van der Waals surface area contributed by atoms with Crippen molar-refractivity contribution in [3.8, 4) is 23.0 Å². The fourth-order valence-electron chi connectivity index (χ4n) is 18.2. The van der Waals surface area contributed by atoms with Gasteiger partial charge < -0.3 is 88.8 Å². The van der Waals surface area contributed by atoms with Crippen LogP contribution in [0.1, 0.15) is 130 Å². The molecule has 4 saturated carbocycles. The Balaban J connectivity index is 0.000000118. The van der Waals surface area contributed by atoms with Crippen molar-refractivity contribution in [2.45, 2.75) is 164 Å². The molecule has 12 aromatic rings. The monoisotopic (exact) mass is 1800 g/mol. The van der Waals surface area contributed by atoms with Gasteiger partial charge in [-0.1, -0.05) is 0 Å². The zero-order valence-corrected chi connectivity index (χ0v) is 73.8. The number of hydrogen-bond acceptors (Lipinski definition) is 35. The first kappa shape index (κ1) is 88.8. The maximum Gasteiger partial charge on any atom is 0.288 e. The number of morpholine rings is 4. The topological polar surface area (TPSA) is 432 Å². The van der Waals surface area contributed by atoms with Crippen LogP contribution >= 0.6 is 11.3 Å². The molecule has 8 aromatic heterocycles. The molecule has 0 radical (unpaired) electrons. The van der Waals surface area contributed by atoms with Crippen molar-refractivity contribution >= 4 is 113 Å². The molecule has 5 saturated heterocycles. The van der Waals surface area contributed by atoms with Crippen molar-refractivity contribution in [1.29, 1.82) is 0 Å². The number of benzene rings is 4. The summed E-state index contributed by atoms with van der Waals surface area (Å²) in [6.07, 6.45) is 35.1. The summed E-state index contributed by atoms with van der Waals surface area (Å²) in [5, 5.41) is 42.3. The summed E-state index contributed by atoms with van der Waals surface area (Å²) >= 11 is 1.36. The van der Waals surface area contributed by atoms with E-state index in [0.717, 1.165) is 317 Å². The molecule has 0 bridgehead atoms. The lowest BCUT2D eigenvalue weighted by atomic mass is 9.93. The van der Waals surface area contributed by atoms with E-state index < -0.39 is 4.92 Å². The van der Waals surface area contributed by atoms with E-state index in [1.165, 1.54) is 29.9 Å². The van der Waals surface area contributed by atoms with E-state index in [9.17, 15) is 24.8 Å². The Labute approximate surface area is 760 Å². The molecule has 5 aliphatic heterocycles. The van der Waals surface area contributed by atoms with E-state index in [0.29, 0.717) is 29.4 Å². The first-order valence-electron chi connectivity index (χ1n) is 45.6. The van der Waals surface area contributed by atoms with Crippen LogP contribution < -0.4 is 64.7 Å². The van der Waals surface area contributed by atoms with Gasteiger partial charge in [0.1, 0.15) is 69.2 Å². The van der Waals surface area contributed by atoms with Gasteiger partial charge in [0.2, 0.25) is 11.8 Å². The van der Waals surface area contributed by atoms with E-state index in [2.05, 4.69) is 164 Å². The molecule has 13 heterocycles. The van der Waals surface area contributed by atoms with Crippen molar-refractivity contribution in [2.75, 3.05) is 153 Å². The average Bonchev–Trinajstić information content (AvgIpc) is 1.29. The predicted octanol–water partition coefficient (Wildman–Crippen LogP) is 10.9. The maximum absolute atomic E-state index is 12.3. The van der Waals surface area contributed by atoms with Crippen LogP contribution in [0.3, 0.4) is 0 Å². The molecule has 4 aromatic carbocycles. The van der Waals surface area contributed by atoms with E-state index >= 15 is 0 Å². The third-order valence-electron chi connectivity index (χ3n) is 25.2. The summed E-state index contributed by atoms with van der Waals surface area (Å²) in [6.45, 7) is 14.1. The number of nitro groups is 1. The highest BCUT2D eigenvalue weighted by atomic mass is 32.1. The lowest BCUT2D eigenvalue weighted by molar-refractivity contribution is -0.385. The number of amides is 2. The molecule has 2 amide bonds. The number of aromatic amines is 1. The van der Waals surface area contributed by atoms with Gasteiger partial charge in [-0.3, -0.25) is 44.7 Å². The largest absolute Gasteiger partial charge is 0.488 e. The molecule has 38 nitrogen and oxygen atoms in total. The number of nitrogens with zero attached hydrogens (tertiary/aromatic N) is 20. The highest BCUT2D eigenvalue weighted by Crippen LogP contribution is 2.40. The summed E-state index contributed by atoms with van der Waals surface area (Å²) in [4.78, 5) is 104. The molecule has 9 aliphatic rings. The molecule has 4 aliphatic carbocycles. The maximum atomic E-state index is 12.3. The predicted molar refractivity (Wildman–Crippen MR) is 493 cm³/mol. The van der Waals surface area contributed by atoms with Crippen LogP contribution in [0.15, 0.2) is 147 Å². The highest BCUT2D eigenvalue weighted by molar-refractivity contribution is 7.11. The lowest BCUT2D eigenvalue weighted by Gasteiger charge is -2.31. The zero-order chi connectivity index (χ0) is 89.0. The third-order valence-corrected chi connectivity index (χ3v) is 25.9. The number of pyridine rings is 1. The highest BCUT2D eigenvalue weighted by Gasteiger charge is 2.33. The zero-order valence-electron chi connectivity index (χ0n) is 73.0. The second kappa shape index (κ2) is 43.3. The van der Waals surface area contributed by atoms with Crippen LogP contribution in [0.25, 0.3) is 44.1 Å². The number of rotatable bonds is 22. The Morgan fingerprint density at radius 1 is 0.420 bits per heavy atom. The van der Waals surface area contributed by atoms with Crippen molar-refractivity contribution in [3.05, 3.63) is 168 Å². The number of β-amino-alcohol motifs (C(OH)–C–C–N with tert-alkyl or cyclic N) is 1. The molecule has 1 atom stereocenters. The number of anilines is 7. The van der Waals surface area contributed by atoms with Crippen LogP contribution in [0.5, 0.6) is 23.0 Å². The summed E-state index contributed by atoms with van der Waals surface area (Å²) < 4.78 is 47.9. The SMILES string of the molecule is O=C(NC1CCC(Oc2cc(N3CCOCC3)cc3nccnc23)CC1)c1nccs1.O=C(NC1CCC(Oc2cc(N3CCOCC3)cc3nccnc23)CC1)c1ncn[nH]1.O=[N+]([O-])c1ccc(NC2CCC(Oc3cc(N4CCOCC4)cc4nccnc34)CC2)nc1.OC1CCN(c2ccnc(NC3CCC(Oc4cc(N5CCOCC5)cc5nccnc45)CC3)n2)C1. The summed E-state index contributed by atoms with van der Waals surface area (Å²) in [7, 11) is 0. The number of aliphatic hydroxyl groups excluding tert-OH is 1. The normalized spacial score (nSPS) is 22.4. The number of hydrogen-bond donors (Lipinski definition) is 6. The number of nitrogens with one attached hydrogen (secondary N) is 5. The minimum absolute atomic E-state index is 0.00714. The van der Waals surface area contributed by atoms with Crippen molar-refractivity contribution in [3.63, 3.8) is 0 Å². The number of carbonyl (C=O) groups excluding carboxylic acids is 2. The van der Waals surface area contributed by atoms with E-state index in [4.69, 9.17) is 42.9 Å². The summed E-state index contributed by atoms with van der Waals surface area (Å²) in [6, 6.07) is 22.5. The quantitative estimate of drug-likeness (QED) is 0.0271. The van der Waals surface area contributed by atoms with Gasteiger partial charge in [-0.2, -0.15) is 10.1 Å². The van der Waals surface area contributed by atoms with E-state index in [1.807, 2.05) is 11.4 Å². The smallest absolute Gasteiger partial charge is 0.288 e. The van der Waals surface area contributed by atoms with Gasteiger partial charge in [0, 0.05) is 210 Å².